The van der Waals surface area contributed by atoms with Gasteiger partial charge < -0.3 is 14.9 Å². The number of hydrogen-bond acceptors (Lipinski definition) is 5. The number of methoxy groups -OCH3 is 1. The first-order chi connectivity index (χ1) is 14.0. The number of hydrogen-bond donors (Lipinski definition) is 3. The first-order valence-corrected chi connectivity index (χ1v) is 9.13. The third-order valence-electron chi connectivity index (χ3n) is 4.85. The van der Waals surface area contributed by atoms with E-state index in [1.807, 2.05) is 0 Å². The number of ether oxygens (including phenoxy) is 1. The average molecular weight is 423 g/mol. The molecule has 3 N–H and O–H groups in total. The van der Waals surface area contributed by atoms with Gasteiger partial charge in [-0.15, -0.1) is 0 Å². The number of rotatable bonds is 7. The Morgan fingerprint density at radius 2 is 1.83 bits per heavy atom. The van der Waals surface area contributed by atoms with Gasteiger partial charge in [-0.1, -0.05) is 30.4 Å². The number of benzene rings is 2. The van der Waals surface area contributed by atoms with Crippen LogP contribution in [0.1, 0.15) is 34.7 Å². The van der Waals surface area contributed by atoms with Crippen LogP contribution < -0.4 is 5.32 Å². The van der Waals surface area contributed by atoms with E-state index >= 15 is 0 Å². The second-order valence-electron chi connectivity index (χ2n) is 7.08. The highest BCUT2D eigenvalue weighted by atomic mass is 19.4. The van der Waals surface area contributed by atoms with Crippen LogP contribution in [-0.4, -0.2) is 35.4 Å². The number of carbonyl (C=O) groups is 1. The quantitative estimate of drug-likeness (QED) is 0.465. The largest absolute Gasteiger partial charge is 0.508 e. The van der Waals surface area contributed by atoms with Crippen molar-refractivity contribution in [2.24, 2.45) is 0 Å². The van der Waals surface area contributed by atoms with Crippen LogP contribution in [0.4, 0.5) is 13.2 Å². The Morgan fingerprint density at radius 3 is 2.43 bits per heavy atom. The molecule has 0 aliphatic heterocycles. The summed E-state index contributed by atoms with van der Waals surface area (Å²) in [7, 11) is 1.18. The maximum absolute atomic E-state index is 13.4. The lowest BCUT2D eigenvalue weighted by Crippen LogP contribution is -2.52. The molecule has 0 aliphatic carbocycles. The number of aromatic hydroxyl groups is 1. The zero-order valence-electron chi connectivity index (χ0n) is 16.9. The highest BCUT2D eigenvalue weighted by molar-refractivity contribution is 5.80. The maximum Gasteiger partial charge on any atom is 0.416 e. The van der Waals surface area contributed by atoms with E-state index in [1.54, 1.807) is 19.1 Å². The Balaban J connectivity index is 2.37. The number of aliphatic hydroxyl groups is 1. The van der Waals surface area contributed by atoms with Crippen LogP contribution in [0, 0.1) is 6.92 Å². The molecule has 0 radical (unpaired) electrons. The molecular formula is C22H24F3NO4. The number of alkyl halides is 3. The van der Waals surface area contributed by atoms with Gasteiger partial charge in [-0.3, -0.25) is 5.32 Å². The summed E-state index contributed by atoms with van der Waals surface area (Å²) >= 11 is 0. The molecule has 1 atom stereocenters. The third-order valence-corrected chi connectivity index (χ3v) is 4.85. The summed E-state index contributed by atoms with van der Waals surface area (Å²) in [5.74, 6) is -0.631. The van der Waals surface area contributed by atoms with Crippen LogP contribution in [0.2, 0.25) is 0 Å². The molecule has 0 aliphatic rings. The first kappa shape index (κ1) is 23.4. The fourth-order valence-electron chi connectivity index (χ4n) is 2.83. The van der Waals surface area contributed by atoms with E-state index in [0.29, 0.717) is 16.7 Å². The minimum atomic E-state index is -4.55. The minimum Gasteiger partial charge on any atom is -0.508 e. The standard InChI is InChI=1S/C22H24F3NO4/c1-14-16(5-4-6-19(14)28)8-9-17-11-15(7-10-18(17)22(23,24)25)12-26-21(2,13-27)20(29)30-3/h4-11,26-28H,12-13H2,1-3H3/b9-8+/t21-/m0/s1. The van der Waals surface area contributed by atoms with E-state index in [4.69, 9.17) is 0 Å². The Morgan fingerprint density at radius 1 is 1.17 bits per heavy atom. The lowest BCUT2D eigenvalue weighted by molar-refractivity contribution is -0.149. The van der Waals surface area contributed by atoms with Crippen molar-refractivity contribution < 1.29 is 32.9 Å². The van der Waals surface area contributed by atoms with Gasteiger partial charge in [-0.25, -0.2) is 4.79 Å². The lowest BCUT2D eigenvalue weighted by atomic mass is 9.99. The molecule has 8 heteroatoms. The molecule has 30 heavy (non-hydrogen) atoms. The van der Waals surface area contributed by atoms with Crippen molar-refractivity contribution in [3.8, 4) is 5.75 Å². The number of phenols is 1. The van der Waals surface area contributed by atoms with E-state index in [1.165, 1.54) is 44.4 Å². The molecule has 0 fully saturated rings. The Hall–Kier alpha value is -2.84. The summed E-state index contributed by atoms with van der Waals surface area (Å²) in [6.07, 6.45) is -1.71. The van der Waals surface area contributed by atoms with Crippen LogP contribution in [-0.2, 0) is 22.3 Å². The highest BCUT2D eigenvalue weighted by Gasteiger charge is 2.34. The number of carbonyl (C=O) groups excluding carboxylic acids is 1. The van der Waals surface area contributed by atoms with Crippen LogP contribution in [0.3, 0.4) is 0 Å². The van der Waals surface area contributed by atoms with Crippen molar-refractivity contribution in [2.45, 2.75) is 32.1 Å². The van der Waals surface area contributed by atoms with E-state index in [9.17, 15) is 28.2 Å². The Labute approximate surface area is 172 Å². The Kier molecular flexibility index (Phi) is 7.28. The number of phenolic OH excluding ortho intramolecular Hbond substituents is 1. The molecule has 0 spiro atoms. The van der Waals surface area contributed by atoms with E-state index in [-0.39, 0.29) is 17.9 Å². The van der Waals surface area contributed by atoms with Gasteiger partial charge in [0.25, 0.3) is 0 Å². The monoisotopic (exact) mass is 423 g/mol. The van der Waals surface area contributed by atoms with Gasteiger partial charge in [0.2, 0.25) is 0 Å². The first-order valence-electron chi connectivity index (χ1n) is 9.13. The summed E-state index contributed by atoms with van der Waals surface area (Å²) in [5, 5.41) is 22.1. The van der Waals surface area contributed by atoms with Gasteiger partial charge in [-0.05, 0) is 54.3 Å². The van der Waals surface area contributed by atoms with E-state index < -0.39 is 29.9 Å². The van der Waals surface area contributed by atoms with Gasteiger partial charge >= 0.3 is 12.1 Å². The second kappa shape index (κ2) is 9.32. The molecule has 5 nitrogen and oxygen atoms in total. The number of halogens is 3. The molecule has 0 amide bonds. The van der Waals surface area contributed by atoms with Gasteiger partial charge in [-0.2, -0.15) is 13.2 Å². The molecule has 0 saturated heterocycles. The predicted molar refractivity (Wildman–Crippen MR) is 108 cm³/mol. The molecule has 162 valence electrons. The topological polar surface area (TPSA) is 78.8 Å². The van der Waals surface area contributed by atoms with Crippen molar-refractivity contribution in [3.05, 3.63) is 64.2 Å². The molecule has 0 bridgehead atoms. The summed E-state index contributed by atoms with van der Waals surface area (Å²) in [4.78, 5) is 11.8. The molecule has 0 aromatic heterocycles. The fraction of sp³-hybridized carbons (Fsp3) is 0.318. The molecule has 2 aromatic rings. The van der Waals surface area contributed by atoms with Crippen molar-refractivity contribution >= 4 is 18.1 Å². The van der Waals surface area contributed by atoms with Crippen molar-refractivity contribution in [1.29, 1.82) is 0 Å². The molecule has 2 rings (SSSR count). The lowest BCUT2D eigenvalue weighted by Gasteiger charge is -2.26. The van der Waals surface area contributed by atoms with Gasteiger partial charge in [0.1, 0.15) is 11.3 Å². The number of aliphatic hydroxyl groups excluding tert-OH is 1. The smallest absolute Gasteiger partial charge is 0.416 e. The van der Waals surface area contributed by atoms with Crippen molar-refractivity contribution in [3.63, 3.8) is 0 Å². The van der Waals surface area contributed by atoms with Gasteiger partial charge in [0, 0.05) is 6.54 Å². The summed E-state index contributed by atoms with van der Waals surface area (Å²) in [6.45, 7) is 2.61. The van der Waals surface area contributed by atoms with E-state index in [2.05, 4.69) is 10.1 Å². The van der Waals surface area contributed by atoms with Crippen LogP contribution >= 0.6 is 0 Å². The number of esters is 1. The summed E-state index contributed by atoms with van der Waals surface area (Å²) in [6, 6.07) is 8.43. The van der Waals surface area contributed by atoms with Crippen LogP contribution in [0.25, 0.3) is 12.2 Å². The zero-order valence-corrected chi connectivity index (χ0v) is 16.9. The minimum absolute atomic E-state index is 0.0380. The average Bonchev–Trinajstić information content (AvgIpc) is 2.71. The normalized spacial score (nSPS) is 14.0. The molecule has 0 unspecified atom stereocenters. The van der Waals surface area contributed by atoms with Crippen molar-refractivity contribution in [2.75, 3.05) is 13.7 Å². The maximum atomic E-state index is 13.4. The molecule has 0 saturated carbocycles. The van der Waals surface area contributed by atoms with Crippen LogP contribution in [0.5, 0.6) is 5.75 Å². The fourth-order valence-corrected chi connectivity index (χ4v) is 2.83. The molecule has 2 aromatic carbocycles. The van der Waals surface area contributed by atoms with Gasteiger partial charge in [0.15, 0.2) is 0 Å². The molecular weight excluding hydrogens is 399 g/mol. The Bertz CT molecular complexity index is 940. The summed E-state index contributed by atoms with van der Waals surface area (Å²) < 4.78 is 45.0. The van der Waals surface area contributed by atoms with E-state index in [0.717, 1.165) is 6.07 Å². The molecule has 0 heterocycles. The summed E-state index contributed by atoms with van der Waals surface area (Å²) in [5.41, 5.74) is -0.626. The highest BCUT2D eigenvalue weighted by Crippen LogP contribution is 2.34. The zero-order chi connectivity index (χ0) is 22.5. The third kappa shape index (κ3) is 5.40. The number of nitrogens with one attached hydrogen (secondary N) is 1. The predicted octanol–water partition coefficient (Wildman–Crippen LogP) is 3.90. The van der Waals surface area contributed by atoms with Gasteiger partial charge in [0.05, 0.1) is 19.3 Å². The van der Waals surface area contributed by atoms with Crippen molar-refractivity contribution in [1.82, 2.24) is 5.32 Å². The van der Waals surface area contributed by atoms with Crippen LogP contribution in [0.15, 0.2) is 36.4 Å². The second-order valence-corrected chi connectivity index (χ2v) is 7.08. The SMILES string of the molecule is COC(=O)[C@](C)(CO)NCc1ccc(C(F)(F)F)c(/C=C/c2cccc(O)c2C)c1.